The Morgan fingerprint density at radius 3 is 2.40 bits per heavy atom. The van der Waals surface area contributed by atoms with Crippen molar-refractivity contribution in [2.75, 3.05) is 26.6 Å². The largest absolute Gasteiger partial charge is 0.354 e. The summed E-state index contributed by atoms with van der Waals surface area (Å²) < 4.78 is 24.0. The number of hydrogen-bond donors (Lipinski definition) is 1. The third kappa shape index (κ3) is 6.15. The molecule has 1 aromatic rings. The molecule has 1 saturated carbocycles. The lowest BCUT2D eigenvalue weighted by Crippen LogP contribution is -2.51. The fourth-order valence-electron chi connectivity index (χ4n) is 4.00. The van der Waals surface area contributed by atoms with Crippen LogP contribution < -0.4 is 5.32 Å². The van der Waals surface area contributed by atoms with Crippen molar-refractivity contribution in [1.29, 1.82) is 0 Å². The van der Waals surface area contributed by atoms with Crippen LogP contribution in [0.25, 0.3) is 0 Å². The third-order valence-electron chi connectivity index (χ3n) is 6.09. The molecule has 0 unspecified atom stereocenters. The molecular weight excluding hydrogens is 411 g/mol. The van der Waals surface area contributed by atoms with Gasteiger partial charge in [0.05, 0.1) is 6.54 Å². The number of carbonyl (C=O) groups is 2. The second kappa shape index (κ2) is 11.6. The van der Waals surface area contributed by atoms with E-state index in [1.54, 1.807) is 0 Å². The highest BCUT2D eigenvalue weighted by Crippen LogP contribution is 2.31. The quantitative estimate of drug-likeness (QED) is 0.469. The number of ether oxygens (including phenoxy) is 2. The lowest BCUT2D eigenvalue weighted by molar-refractivity contribution is -0.153. The first-order valence-electron chi connectivity index (χ1n) is 10.3. The fraction of sp³-hybridized carbons (Fsp3) is 0.636. The molecule has 0 spiro atoms. The van der Waals surface area contributed by atoms with E-state index in [1.165, 1.54) is 43.4 Å². The maximum Gasteiger partial charge on any atom is 0.247 e. The van der Waals surface area contributed by atoms with Crippen molar-refractivity contribution in [1.82, 2.24) is 10.2 Å². The summed E-state index contributed by atoms with van der Waals surface area (Å²) in [5, 5.41) is 3.13. The van der Waals surface area contributed by atoms with E-state index >= 15 is 0 Å². The average Bonchev–Trinajstić information content (AvgIpc) is 2.74. The number of nitrogens with one attached hydrogen (secondary N) is 1. The van der Waals surface area contributed by atoms with Crippen LogP contribution in [0.4, 0.5) is 4.39 Å². The smallest absolute Gasteiger partial charge is 0.247 e. The van der Waals surface area contributed by atoms with Crippen LogP contribution >= 0.6 is 11.6 Å². The molecule has 30 heavy (non-hydrogen) atoms. The highest BCUT2D eigenvalue weighted by molar-refractivity contribution is 6.27. The molecule has 1 N–H and O–H groups in total. The van der Waals surface area contributed by atoms with Crippen molar-refractivity contribution in [3.8, 4) is 0 Å². The Labute approximate surface area is 183 Å². The Hall–Kier alpha value is -1.70. The molecule has 0 aromatic heterocycles. The van der Waals surface area contributed by atoms with E-state index in [2.05, 4.69) is 19.2 Å². The normalized spacial score (nSPS) is 22.6. The van der Waals surface area contributed by atoms with Gasteiger partial charge in [-0.25, -0.2) is 4.39 Å². The molecule has 168 valence electrons. The molecule has 2 rings (SSSR count). The van der Waals surface area contributed by atoms with Crippen LogP contribution in [0.1, 0.15) is 44.7 Å². The van der Waals surface area contributed by atoms with Crippen molar-refractivity contribution in [2.24, 2.45) is 11.8 Å². The van der Waals surface area contributed by atoms with Gasteiger partial charge in [0.2, 0.25) is 11.8 Å². The summed E-state index contributed by atoms with van der Waals surface area (Å²) in [6.45, 7) is 4.32. The second-order valence-electron chi connectivity index (χ2n) is 7.92. The van der Waals surface area contributed by atoms with Crippen molar-refractivity contribution >= 4 is 23.4 Å². The minimum absolute atomic E-state index is 0.00460. The molecule has 1 fully saturated rings. The number of alkyl halides is 1. The average molecular weight is 443 g/mol. The molecule has 1 aromatic carbocycles. The van der Waals surface area contributed by atoms with Gasteiger partial charge in [-0.15, -0.1) is 11.6 Å². The molecule has 0 saturated heterocycles. The summed E-state index contributed by atoms with van der Waals surface area (Å²) in [5.74, 6) is -0.668. The predicted molar refractivity (Wildman–Crippen MR) is 113 cm³/mol. The molecule has 1 aliphatic rings. The maximum atomic E-state index is 13.5. The van der Waals surface area contributed by atoms with Gasteiger partial charge in [0.15, 0.2) is 6.29 Å². The number of carbonyl (C=O) groups excluding carboxylic acids is 2. The third-order valence-corrected chi connectivity index (χ3v) is 6.32. The van der Waals surface area contributed by atoms with Crippen LogP contribution in [-0.4, -0.2) is 55.7 Å². The molecular formula is C22H32ClFN2O4. The molecule has 8 heteroatoms. The number of halogens is 2. The Morgan fingerprint density at radius 2 is 1.83 bits per heavy atom. The molecule has 0 bridgehead atoms. The number of methoxy groups -OCH3 is 2. The van der Waals surface area contributed by atoms with Gasteiger partial charge in [-0.1, -0.05) is 38.8 Å². The van der Waals surface area contributed by atoms with Gasteiger partial charge in [-0.2, -0.15) is 0 Å². The van der Waals surface area contributed by atoms with Gasteiger partial charge in [0.25, 0.3) is 0 Å². The lowest BCUT2D eigenvalue weighted by Gasteiger charge is -2.38. The number of rotatable bonds is 9. The van der Waals surface area contributed by atoms with Gasteiger partial charge in [-0.05, 0) is 36.0 Å². The van der Waals surface area contributed by atoms with Crippen molar-refractivity contribution in [3.63, 3.8) is 0 Å². The number of nitrogens with zero attached hydrogens (tertiary/aromatic N) is 1. The van der Waals surface area contributed by atoms with Crippen LogP contribution in [0.15, 0.2) is 24.3 Å². The fourth-order valence-corrected chi connectivity index (χ4v) is 4.15. The van der Waals surface area contributed by atoms with E-state index < -0.39 is 24.1 Å². The lowest BCUT2D eigenvalue weighted by atomic mass is 9.78. The summed E-state index contributed by atoms with van der Waals surface area (Å²) >= 11 is 5.85. The Kier molecular flexibility index (Phi) is 9.52. The number of hydrogen-bond acceptors (Lipinski definition) is 4. The van der Waals surface area contributed by atoms with Crippen LogP contribution in [0.5, 0.6) is 0 Å². The maximum absolute atomic E-state index is 13.5. The monoisotopic (exact) mass is 442 g/mol. The van der Waals surface area contributed by atoms with E-state index in [-0.39, 0.29) is 24.4 Å². The molecule has 1 aliphatic carbocycles. The first-order valence-corrected chi connectivity index (χ1v) is 10.8. The molecule has 0 aliphatic heterocycles. The van der Waals surface area contributed by atoms with Crippen LogP contribution in [0.3, 0.4) is 0 Å². The topological polar surface area (TPSA) is 67.9 Å². The van der Waals surface area contributed by atoms with Gasteiger partial charge in [-0.3, -0.25) is 9.59 Å². The van der Waals surface area contributed by atoms with E-state index in [1.807, 2.05) is 0 Å². The summed E-state index contributed by atoms with van der Waals surface area (Å²) in [5.41, 5.74) is 0.495. The summed E-state index contributed by atoms with van der Waals surface area (Å²) in [6.07, 6.45) is 2.32. The molecule has 4 atom stereocenters. The minimum Gasteiger partial charge on any atom is -0.354 e. The summed E-state index contributed by atoms with van der Waals surface area (Å²) in [7, 11) is 2.91. The zero-order valence-electron chi connectivity index (χ0n) is 18.1. The first-order chi connectivity index (χ1) is 14.3. The second-order valence-corrected chi connectivity index (χ2v) is 8.18. The van der Waals surface area contributed by atoms with E-state index in [4.69, 9.17) is 21.1 Å². The van der Waals surface area contributed by atoms with E-state index in [0.717, 1.165) is 19.3 Å². The van der Waals surface area contributed by atoms with Gasteiger partial charge in [0.1, 0.15) is 17.7 Å². The van der Waals surface area contributed by atoms with E-state index in [9.17, 15) is 14.0 Å². The van der Waals surface area contributed by atoms with Crippen molar-refractivity contribution in [2.45, 2.75) is 51.5 Å². The Morgan fingerprint density at radius 1 is 1.20 bits per heavy atom. The number of amides is 2. The molecule has 6 nitrogen and oxygen atoms in total. The number of benzene rings is 1. The van der Waals surface area contributed by atoms with Crippen LogP contribution in [0.2, 0.25) is 0 Å². The molecule has 2 amide bonds. The van der Waals surface area contributed by atoms with Crippen molar-refractivity contribution < 1.29 is 23.5 Å². The predicted octanol–water partition coefficient (Wildman–Crippen LogP) is 3.49. The zero-order valence-corrected chi connectivity index (χ0v) is 18.8. The Balaban J connectivity index is 2.37. The standard InChI is InChI=1S/C22H32ClFN2O4/c1-14-6-5-7-18(15(14)2)25-22(28)21(16-8-10-17(24)11-9-16)26(19(27)12-23)13-20(29-3)30-4/h8-11,14-15,18,20-21H,5-7,12-13H2,1-4H3,(H,25,28)/t14-,15-,18-,21+/m1/s1. The minimum atomic E-state index is -0.978. The summed E-state index contributed by atoms with van der Waals surface area (Å²) in [6, 6.07) is 4.60. The van der Waals surface area contributed by atoms with Gasteiger partial charge < -0.3 is 19.7 Å². The SMILES string of the molecule is COC(CN(C(=O)CCl)[C@H](C(=O)N[C@@H]1CCC[C@@H](C)[C@H]1C)c1ccc(F)cc1)OC. The molecule has 0 radical (unpaired) electrons. The highest BCUT2D eigenvalue weighted by atomic mass is 35.5. The van der Waals surface area contributed by atoms with E-state index in [0.29, 0.717) is 17.4 Å². The zero-order chi connectivity index (χ0) is 22.3. The van der Waals surface area contributed by atoms with Crippen LogP contribution in [-0.2, 0) is 19.1 Å². The summed E-state index contributed by atoms with van der Waals surface area (Å²) in [4.78, 5) is 27.5. The van der Waals surface area contributed by atoms with Crippen molar-refractivity contribution in [3.05, 3.63) is 35.6 Å². The Bertz CT molecular complexity index is 699. The molecule has 0 heterocycles. The van der Waals surface area contributed by atoms with Gasteiger partial charge in [0, 0.05) is 20.3 Å². The van der Waals surface area contributed by atoms with Gasteiger partial charge >= 0.3 is 0 Å². The highest BCUT2D eigenvalue weighted by Gasteiger charge is 2.36. The van der Waals surface area contributed by atoms with Crippen LogP contribution in [0, 0.1) is 17.7 Å². The first kappa shape index (κ1) is 24.6.